The molecule has 47 heavy (non-hydrogen) atoms. The van der Waals surface area contributed by atoms with Crippen LogP contribution in [0.2, 0.25) is 0 Å². The lowest BCUT2D eigenvalue weighted by Gasteiger charge is -2.27. The summed E-state index contributed by atoms with van der Waals surface area (Å²) in [5.41, 5.74) is 6.73. The molecule has 0 aliphatic carbocycles. The Bertz CT molecular complexity index is 2930. The van der Waals surface area contributed by atoms with Crippen molar-refractivity contribution in [1.29, 1.82) is 0 Å². The maximum absolute atomic E-state index is 6.79. The van der Waals surface area contributed by atoms with Crippen LogP contribution in [0, 0.1) is 0 Å². The molecule has 0 saturated carbocycles. The van der Waals surface area contributed by atoms with Gasteiger partial charge in [-0.1, -0.05) is 97.1 Å². The molecule has 0 saturated heterocycles. The smallest absolute Gasteiger partial charge is 0.159 e. The summed E-state index contributed by atoms with van der Waals surface area (Å²) in [5.74, 6) is 0. The quantitative estimate of drug-likeness (QED) is 0.193. The first kappa shape index (κ1) is 25.6. The molecule has 0 radical (unpaired) electrons. The second-order valence-corrected chi connectivity index (χ2v) is 14.1. The predicted molar refractivity (Wildman–Crippen MR) is 201 cm³/mol. The summed E-state index contributed by atoms with van der Waals surface area (Å²) in [6.45, 7) is 0. The van der Waals surface area contributed by atoms with Gasteiger partial charge in [0.25, 0.3) is 0 Å². The number of hydrogen-bond donors (Lipinski definition) is 0. The van der Waals surface area contributed by atoms with Gasteiger partial charge in [0.2, 0.25) is 0 Å². The molecular weight excluding hydrogens is 615 g/mol. The Morgan fingerprint density at radius 1 is 0.383 bits per heavy atom. The standard InChI is InChI=1S/C42H23NO2S2/c1-5-19-34-24(11-1)27-15-9-17-31(39(27)44-34)43(32-18-10-16-28-25-12-3-7-21-36(25)46-41(28)32)33-23-30-26-13-4-8-22-37(26)47-42(30)40-38(33)29-14-2-6-20-35(29)45-40/h1-23H. The summed E-state index contributed by atoms with van der Waals surface area (Å²) >= 11 is 3.64. The fraction of sp³-hybridized carbons (Fsp3) is 0. The van der Waals surface area contributed by atoms with Gasteiger partial charge in [0.1, 0.15) is 11.2 Å². The molecule has 3 nitrogen and oxygen atoms in total. The van der Waals surface area contributed by atoms with Crippen molar-refractivity contribution in [2.45, 2.75) is 0 Å². The zero-order valence-corrected chi connectivity index (χ0v) is 26.5. The van der Waals surface area contributed by atoms with Crippen molar-refractivity contribution in [3.63, 3.8) is 0 Å². The van der Waals surface area contributed by atoms with E-state index < -0.39 is 0 Å². The Hall–Kier alpha value is -5.62. The minimum absolute atomic E-state index is 0.864. The monoisotopic (exact) mass is 637 g/mol. The van der Waals surface area contributed by atoms with Crippen molar-refractivity contribution in [2.75, 3.05) is 4.90 Å². The Morgan fingerprint density at radius 2 is 0.936 bits per heavy atom. The highest BCUT2D eigenvalue weighted by Gasteiger charge is 2.27. The largest absolute Gasteiger partial charge is 0.454 e. The minimum atomic E-state index is 0.864. The van der Waals surface area contributed by atoms with E-state index in [2.05, 4.69) is 138 Å². The molecule has 4 aromatic heterocycles. The van der Waals surface area contributed by atoms with Gasteiger partial charge in [-0.3, -0.25) is 0 Å². The van der Waals surface area contributed by atoms with Gasteiger partial charge >= 0.3 is 0 Å². The van der Waals surface area contributed by atoms with E-state index in [1.807, 2.05) is 17.4 Å². The average Bonchev–Trinajstić information content (AvgIpc) is 3.89. The van der Waals surface area contributed by atoms with Crippen LogP contribution in [0.15, 0.2) is 148 Å². The number of fused-ring (bicyclic) bond motifs is 13. The number of furan rings is 2. The van der Waals surface area contributed by atoms with Crippen LogP contribution in [-0.4, -0.2) is 0 Å². The highest BCUT2D eigenvalue weighted by atomic mass is 32.1. The first-order chi connectivity index (χ1) is 23.3. The molecule has 11 rings (SSSR count). The molecule has 0 aliphatic heterocycles. The van der Waals surface area contributed by atoms with Crippen LogP contribution in [0.3, 0.4) is 0 Å². The number of nitrogens with zero attached hydrogens (tertiary/aromatic N) is 1. The number of anilines is 3. The molecule has 0 bridgehead atoms. The number of thiophene rings is 2. The summed E-state index contributed by atoms with van der Waals surface area (Å²) in [4.78, 5) is 2.43. The Labute approximate surface area is 276 Å². The maximum atomic E-state index is 6.79. The van der Waals surface area contributed by atoms with Crippen LogP contribution < -0.4 is 4.90 Å². The van der Waals surface area contributed by atoms with Crippen LogP contribution in [-0.2, 0) is 0 Å². The summed E-state index contributed by atoms with van der Waals surface area (Å²) in [7, 11) is 0. The number of para-hydroxylation sites is 3. The van der Waals surface area contributed by atoms with Gasteiger partial charge < -0.3 is 13.7 Å². The van der Waals surface area contributed by atoms with Gasteiger partial charge in [-0.15, -0.1) is 22.7 Å². The summed E-state index contributed by atoms with van der Waals surface area (Å²) in [6, 6.07) is 49.7. The van der Waals surface area contributed by atoms with Gasteiger partial charge in [-0.05, 0) is 42.5 Å². The van der Waals surface area contributed by atoms with E-state index in [4.69, 9.17) is 8.83 Å². The SMILES string of the molecule is c1ccc2c(c1)oc1c(N(c3cccc4c3sc3ccccc34)c3cc4c5ccccc5sc4c4oc5ccccc5c34)cccc12. The molecule has 220 valence electrons. The molecule has 0 spiro atoms. The van der Waals surface area contributed by atoms with Gasteiger partial charge in [0.05, 0.1) is 31.8 Å². The molecule has 0 aliphatic rings. The third-order valence-electron chi connectivity index (χ3n) is 9.46. The normalized spacial score (nSPS) is 12.3. The Balaban J connectivity index is 1.36. The second kappa shape index (κ2) is 9.46. The van der Waals surface area contributed by atoms with E-state index in [-0.39, 0.29) is 0 Å². The molecule has 4 heterocycles. The van der Waals surface area contributed by atoms with Crippen molar-refractivity contribution < 1.29 is 8.83 Å². The molecule has 0 fully saturated rings. The summed E-state index contributed by atoms with van der Waals surface area (Å²) in [6.07, 6.45) is 0. The van der Waals surface area contributed by atoms with Crippen molar-refractivity contribution in [3.05, 3.63) is 140 Å². The molecule has 0 unspecified atom stereocenters. The predicted octanol–water partition coefficient (Wildman–Crippen LogP) is 13.7. The van der Waals surface area contributed by atoms with Crippen LogP contribution >= 0.6 is 22.7 Å². The van der Waals surface area contributed by atoms with Gasteiger partial charge in [-0.25, -0.2) is 0 Å². The van der Waals surface area contributed by atoms with Crippen LogP contribution in [0.1, 0.15) is 0 Å². The van der Waals surface area contributed by atoms with E-state index in [0.29, 0.717) is 0 Å². The first-order valence-corrected chi connectivity index (χ1v) is 17.3. The second-order valence-electron chi connectivity index (χ2n) is 12.0. The van der Waals surface area contributed by atoms with E-state index in [1.54, 1.807) is 11.3 Å². The lowest BCUT2D eigenvalue weighted by Crippen LogP contribution is -2.11. The molecule has 0 N–H and O–H groups in total. The summed E-state index contributed by atoms with van der Waals surface area (Å²) in [5, 5.41) is 9.36. The third kappa shape index (κ3) is 3.50. The first-order valence-electron chi connectivity index (χ1n) is 15.7. The molecule has 7 aromatic carbocycles. The molecular formula is C42H23NO2S2. The zero-order valence-electron chi connectivity index (χ0n) is 24.9. The molecule has 11 aromatic rings. The van der Waals surface area contributed by atoms with E-state index in [1.165, 1.54) is 40.3 Å². The highest BCUT2D eigenvalue weighted by molar-refractivity contribution is 7.27. The maximum Gasteiger partial charge on any atom is 0.159 e. The van der Waals surface area contributed by atoms with Crippen molar-refractivity contribution in [2.24, 2.45) is 0 Å². The minimum Gasteiger partial charge on any atom is -0.454 e. The van der Waals surface area contributed by atoms with Crippen LogP contribution in [0.5, 0.6) is 0 Å². The van der Waals surface area contributed by atoms with Crippen molar-refractivity contribution >= 4 is 124 Å². The molecule has 5 heteroatoms. The molecule has 0 amide bonds. The number of hydrogen-bond acceptors (Lipinski definition) is 5. The number of rotatable bonds is 3. The fourth-order valence-electron chi connectivity index (χ4n) is 7.43. The lowest BCUT2D eigenvalue weighted by atomic mass is 10.0. The van der Waals surface area contributed by atoms with Gasteiger partial charge in [0.15, 0.2) is 11.2 Å². The van der Waals surface area contributed by atoms with Crippen molar-refractivity contribution in [3.8, 4) is 0 Å². The van der Waals surface area contributed by atoms with E-state index in [9.17, 15) is 0 Å². The molecule has 0 atom stereocenters. The van der Waals surface area contributed by atoms with E-state index in [0.717, 1.165) is 60.9 Å². The zero-order chi connectivity index (χ0) is 30.6. The van der Waals surface area contributed by atoms with E-state index >= 15 is 0 Å². The average molecular weight is 638 g/mol. The van der Waals surface area contributed by atoms with Crippen molar-refractivity contribution in [1.82, 2.24) is 0 Å². The lowest BCUT2D eigenvalue weighted by molar-refractivity contribution is 0.669. The number of benzene rings is 7. The van der Waals surface area contributed by atoms with Gasteiger partial charge in [-0.2, -0.15) is 0 Å². The Kier molecular flexibility index (Phi) is 5.14. The highest BCUT2D eigenvalue weighted by Crippen LogP contribution is 2.53. The van der Waals surface area contributed by atoms with Crippen LogP contribution in [0.25, 0.3) is 84.2 Å². The Morgan fingerprint density at radius 3 is 1.72 bits per heavy atom. The topological polar surface area (TPSA) is 29.5 Å². The summed E-state index contributed by atoms with van der Waals surface area (Å²) < 4.78 is 18.5. The fourth-order valence-corrected chi connectivity index (χ4v) is 9.80. The van der Waals surface area contributed by atoms with Crippen LogP contribution in [0.4, 0.5) is 17.1 Å². The third-order valence-corrected chi connectivity index (χ3v) is 11.9. The van der Waals surface area contributed by atoms with Gasteiger partial charge in [0, 0.05) is 47.1 Å².